The minimum absolute atomic E-state index is 0.128. The molecule has 0 aromatic heterocycles. The van der Waals surface area contributed by atoms with E-state index in [1.807, 2.05) is 56.3 Å². The number of nitrogens with zero attached hydrogens (tertiary/aromatic N) is 3. The first-order valence-electron chi connectivity index (χ1n) is 14.8. The summed E-state index contributed by atoms with van der Waals surface area (Å²) in [6.07, 6.45) is 1.12. The van der Waals surface area contributed by atoms with Crippen LogP contribution in [-0.2, 0) is 22.7 Å². The second-order valence-electron chi connectivity index (χ2n) is 11.5. The Labute approximate surface area is 257 Å². The molecule has 0 spiro atoms. The largest absolute Gasteiger partial charge is 0.334 e. The SMILES string of the molecule is Cc1ccc(C(=O)C2CCN(C(=O)C(=O)Nc3cc(Br)ccc3CN3CCN(Cc4ccccc4)CC3)CC2)c(C)c1. The summed E-state index contributed by atoms with van der Waals surface area (Å²) >= 11 is 3.51. The Morgan fingerprint density at radius 3 is 2.14 bits per heavy atom. The van der Waals surface area contributed by atoms with E-state index in [1.54, 1.807) is 4.90 Å². The number of amides is 2. The normalized spacial score (nSPS) is 16.8. The van der Waals surface area contributed by atoms with Crippen LogP contribution in [0.4, 0.5) is 5.69 Å². The van der Waals surface area contributed by atoms with Gasteiger partial charge in [-0.05, 0) is 55.5 Å². The predicted molar refractivity (Wildman–Crippen MR) is 169 cm³/mol. The first-order valence-corrected chi connectivity index (χ1v) is 15.5. The van der Waals surface area contributed by atoms with Gasteiger partial charge in [-0.1, -0.05) is 76.1 Å². The molecule has 42 heavy (non-hydrogen) atoms. The molecule has 0 atom stereocenters. The molecule has 2 heterocycles. The first kappa shape index (κ1) is 30.1. The monoisotopic (exact) mass is 630 g/mol. The highest BCUT2D eigenvalue weighted by Gasteiger charge is 2.31. The smallest absolute Gasteiger partial charge is 0.313 e. The Kier molecular flexibility index (Phi) is 9.88. The number of aryl methyl sites for hydroxylation is 2. The van der Waals surface area contributed by atoms with E-state index in [0.717, 1.165) is 59.5 Å². The summed E-state index contributed by atoms with van der Waals surface area (Å²) < 4.78 is 0.840. The zero-order valence-corrected chi connectivity index (χ0v) is 26.0. The first-order chi connectivity index (χ1) is 20.3. The van der Waals surface area contributed by atoms with Gasteiger partial charge in [0.2, 0.25) is 0 Å². The molecule has 2 amide bonds. The van der Waals surface area contributed by atoms with Crippen LogP contribution in [0, 0.1) is 19.8 Å². The summed E-state index contributed by atoms with van der Waals surface area (Å²) in [5.41, 5.74) is 5.82. The lowest BCUT2D eigenvalue weighted by Gasteiger charge is -2.35. The van der Waals surface area contributed by atoms with E-state index in [2.05, 4.69) is 55.3 Å². The maximum Gasteiger partial charge on any atom is 0.313 e. The maximum atomic E-state index is 13.1. The Bertz CT molecular complexity index is 1430. The minimum Gasteiger partial charge on any atom is -0.334 e. The van der Waals surface area contributed by atoms with E-state index in [9.17, 15) is 14.4 Å². The van der Waals surface area contributed by atoms with E-state index in [4.69, 9.17) is 0 Å². The Hall–Kier alpha value is -3.33. The maximum absolute atomic E-state index is 13.1. The van der Waals surface area contributed by atoms with Crippen molar-refractivity contribution in [2.45, 2.75) is 39.8 Å². The molecule has 5 rings (SSSR count). The van der Waals surface area contributed by atoms with Crippen LogP contribution < -0.4 is 5.32 Å². The lowest BCUT2D eigenvalue weighted by Crippen LogP contribution is -2.46. The van der Waals surface area contributed by atoms with Crippen LogP contribution >= 0.6 is 15.9 Å². The van der Waals surface area contributed by atoms with Gasteiger partial charge in [0.05, 0.1) is 0 Å². The number of likely N-dealkylation sites (tertiary alicyclic amines) is 1. The summed E-state index contributed by atoms with van der Waals surface area (Å²) in [5.74, 6) is -1.19. The predicted octanol–water partition coefficient (Wildman–Crippen LogP) is 5.44. The van der Waals surface area contributed by atoms with E-state index in [0.29, 0.717) is 38.2 Å². The van der Waals surface area contributed by atoms with Gasteiger partial charge in [0.25, 0.3) is 0 Å². The number of piperidine rings is 1. The van der Waals surface area contributed by atoms with Crippen LogP contribution in [0.25, 0.3) is 0 Å². The molecular weight excluding hydrogens is 592 g/mol. The third-order valence-electron chi connectivity index (χ3n) is 8.42. The number of hydrogen-bond donors (Lipinski definition) is 1. The summed E-state index contributed by atoms with van der Waals surface area (Å²) in [6.45, 7) is 10.2. The Morgan fingerprint density at radius 1 is 0.810 bits per heavy atom. The number of benzene rings is 3. The highest BCUT2D eigenvalue weighted by molar-refractivity contribution is 9.10. The van der Waals surface area contributed by atoms with Crippen molar-refractivity contribution in [3.8, 4) is 0 Å². The summed E-state index contributed by atoms with van der Waals surface area (Å²) in [6, 6.07) is 22.3. The fourth-order valence-electron chi connectivity index (χ4n) is 5.97. The van der Waals surface area contributed by atoms with Gasteiger partial charge in [-0.25, -0.2) is 0 Å². The zero-order valence-electron chi connectivity index (χ0n) is 24.4. The quantitative estimate of drug-likeness (QED) is 0.278. The van der Waals surface area contributed by atoms with Gasteiger partial charge in [-0.2, -0.15) is 0 Å². The number of Topliss-reactive ketones (excluding diaryl/α,β-unsaturated/α-hetero) is 1. The zero-order chi connectivity index (χ0) is 29.6. The van der Waals surface area contributed by atoms with Crippen molar-refractivity contribution in [3.05, 3.63) is 99.0 Å². The third-order valence-corrected chi connectivity index (χ3v) is 8.92. The van der Waals surface area contributed by atoms with Crippen molar-refractivity contribution in [2.24, 2.45) is 5.92 Å². The van der Waals surface area contributed by atoms with E-state index >= 15 is 0 Å². The van der Waals surface area contributed by atoms with Gasteiger partial charge < -0.3 is 10.2 Å². The van der Waals surface area contributed by atoms with E-state index in [-0.39, 0.29) is 11.7 Å². The highest BCUT2D eigenvalue weighted by atomic mass is 79.9. The number of rotatable bonds is 7. The van der Waals surface area contributed by atoms with Gasteiger partial charge in [0, 0.05) is 74.0 Å². The molecule has 2 aliphatic rings. The average Bonchev–Trinajstić information content (AvgIpc) is 2.99. The molecule has 0 bridgehead atoms. The average molecular weight is 632 g/mol. The molecule has 0 aliphatic carbocycles. The summed E-state index contributed by atoms with van der Waals surface area (Å²) in [5, 5.41) is 2.89. The van der Waals surface area contributed by atoms with Gasteiger partial charge in [-0.15, -0.1) is 0 Å². The van der Waals surface area contributed by atoms with Gasteiger partial charge >= 0.3 is 11.8 Å². The fraction of sp³-hybridized carbons (Fsp3) is 0.382. The lowest BCUT2D eigenvalue weighted by atomic mass is 9.87. The van der Waals surface area contributed by atoms with Crippen molar-refractivity contribution in [2.75, 3.05) is 44.6 Å². The number of carbonyl (C=O) groups is 3. The van der Waals surface area contributed by atoms with Crippen LogP contribution in [0.15, 0.2) is 71.2 Å². The molecule has 3 aromatic carbocycles. The second kappa shape index (κ2) is 13.8. The molecule has 2 aliphatic heterocycles. The molecule has 7 nitrogen and oxygen atoms in total. The minimum atomic E-state index is -0.638. The molecule has 2 fully saturated rings. The third kappa shape index (κ3) is 7.54. The molecule has 2 saturated heterocycles. The molecule has 0 radical (unpaired) electrons. The van der Waals surface area contributed by atoms with E-state index in [1.165, 1.54) is 5.56 Å². The molecule has 220 valence electrons. The van der Waals surface area contributed by atoms with Crippen molar-refractivity contribution in [1.29, 1.82) is 0 Å². The Balaban J connectivity index is 1.14. The molecule has 0 unspecified atom stereocenters. The number of halogens is 1. The number of anilines is 1. The fourth-order valence-corrected chi connectivity index (χ4v) is 6.33. The second-order valence-corrected chi connectivity index (χ2v) is 12.5. The number of ketones is 1. The lowest BCUT2D eigenvalue weighted by molar-refractivity contribution is -0.144. The van der Waals surface area contributed by atoms with Gasteiger partial charge in [-0.3, -0.25) is 24.2 Å². The van der Waals surface area contributed by atoms with Crippen LogP contribution in [0.5, 0.6) is 0 Å². The van der Waals surface area contributed by atoms with E-state index < -0.39 is 11.8 Å². The number of carbonyl (C=O) groups excluding carboxylic acids is 3. The number of piperazine rings is 1. The highest BCUT2D eigenvalue weighted by Crippen LogP contribution is 2.26. The van der Waals surface area contributed by atoms with Crippen molar-refractivity contribution < 1.29 is 14.4 Å². The van der Waals surface area contributed by atoms with Crippen LogP contribution in [-0.4, -0.2) is 71.6 Å². The molecule has 0 saturated carbocycles. The molecule has 8 heteroatoms. The molecule has 1 N–H and O–H groups in total. The number of hydrogen-bond acceptors (Lipinski definition) is 5. The number of nitrogens with one attached hydrogen (secondary N) is 1. The van der Waals surface area contributed by atoms with Crippen LogP contribution in [0.2, 0.25) is 0 Å². The van der Waals surface area contributed by atoms with Crippen LogP contribution in [0.3, 0.4) is 0 Å². The summed E-state index contributed by atoms with van der Waals surface area (Å²) in [7, 11) is 0. The van der Waals surface area contributed by atoms with Crippen LogP contribution in [0.1, 0.15) is 45.5 Å². The Morgan fingerprint density at radius 2 is 1.48 bits per heavy atom. The topological polar surface area (TPSA) is 73.0 Å². The summed E-state index contributed by atoms with van der Waals surface area (Å²) in [4.78, 5) is 45.8. The molecule has 3 aromatic rings. The molecular formula is C34H39BrN4O3. The van der Waals surface area contributed by atoms with Gasteiger partial charge in [0.15, 0.2) is 5.78 Å². The van der Waals surface area contributed by atoms with Crippen molar-refractivity contribution >= 4 is 39.2 Å². The standard InChI is InChI=1S/C34H39BrN4O3/c1-24-8-11-30(25(2)20-24)32(40)27-12-14-39(15-13-27)34(42)33(41)36-31-21-29(35)10-9-28(31)23-38-18-16-37(17-19-38)22-26-6-4-3-5-7-26/h3-11,20-21,27H,12-19,22-23H2,1-2H3,(H,36,41). The van der Waals surface area contributed by atoms with Crippen molar-refractivity contribution in [1.82, 2.24) is 14.7 Å². The van der Waals surface area contributed by atoms with Gasteiger partial charge in [0.1, 0.15) is 0 Å². The van der Waals surface area contributed by atoms with Crippen molar-refractivity contribution in [3.63, 3.8) is 0 Å².